The zero-order valence-electron chi connectivity index (χ0n) is 11.1. The molecule has 0 saturated heterocycles. The molecular weight excluding hydrogens is 224 g/mol. The SMILES string of the molecule is CC(=O)[C@@H]1CC(=O)[C@@H](C)[C@H](Cc2ccccc2)C1. The molecule has 1 aromatic carbocycles. The van der Waals surface area contributed by atoms with Gasteiger partial charge in [0.1, 0.15) is 11.6 Å². The van der Waals surface area contributed by atoms with Gasteiger partial charge in [-0.2, -0.15) is 0 Å². The molecule has 1 fully saturated rings. The van der Waals surface area contributed by atoms with Crippen LogP contribution in [0, 0.1) is 17.8 Å². The molecule has 1 aliphatic carbocycles. The first-order chi connectivity index (χ1) is 8.58. The maximum atomic E-state index is 12.0. The Morgan fingerprint density at radius 3 is 2.56 bits per heavy atom. The number of benzene rings is 1. The van der Waals surface area contributed by atoms with Crippen molar-refractivity contribution in [2.75, 3.05) is 0 Å². The van der Waals surface area contributed by atoms with E-state index in [1.165, 1.54) is 5.56 Å². The third-order valence-electron chi connectivity index (χ3n) is 4.17. The number of hydrogen-bond donors (Lipinski definition) is 0. The molecule has 0 spiro atoms. The van der Waals surface area contributed by atoms with Crippen molar-refractivity contribution in [1.82, 2.24) is 0 Å². The van der Waals surface area contributed by atoms with Crippen LogP contribution < -0.4 is 0 Å². The van der Waals surface area contributed by atoms with Gasteiger partial charge in [0, 0.05) is 18.3 Å². The predicted molar refractivity (Wildman–Crippen MR) is 71.2 cm³/mol. The van der Waals surface area contributed by atoms with E-state index in [9.17, 15) is 9.59 Å². The van der Waals surface area contributed by atoms with Gasteiger partial charge in [-0.3, -0.25) is 9.59 Å². The Morgan fingerprint density at radius 2 is 1.94 bits per heavy atom. The highest BCUT2D eigenvalue weighted by Gasteiger charge is 2.35. The minimum Gasteiger partial charge on any atom is -0.300 e. The molecule has 2 heteroatoms. The second-order valence-corrected chi connectivity index (χ2v) is 5.45. The molecule has 18 heavy (non-hydrogen) atoms. The van der Waals surface area contributed by atoms with E-state index in [1.54, 1.807) is 6.92 Å². The average Bonchev–Trinajstić information content (AvgIpc) is 2.35. The molecule has 0 heterocycles. The number of carbonyl (C=O) groups excluding carboxylic acids is 2. The lowest BCUT2D eigenvalue weighted by atomic mass is 9.71. The predicted octanol–water partition coefficient (Wildman–Crippen LogP) is 3.05. The van der Waals surface area contributed by atoms with E-state index >= 15 is 0 Å². The fourth-order valence-corrected chi connectivity index (χ4v) is 2.83. The van der Waals surface area contributed by atoms with E-state index in [2.05, 4.69) is 12.1 Å². The first-order valence-electron chi connectivity index (χ1n) is 6.65. The van der Waals surface area contributed by atoms with Crippen LogP contribution in [0.15, 0.2) is 30.3 Å². The molecule has 96 valence electrons. The smallest absolute Gasteiger partial charge is 0.136 e. The molecule has 0 unspecified atom stereocenters. The van der Waals surface area contributed by atoms with Gasteiger partial charge in [0.15, 0.2) is 0 Å². The minimum atomic E-state index is -0.0533. The Morgan fingerprint density at radius 1 is 1.28 bits per heavy atom. The Balaban J connectivity index is 2.10. The summed E-state index contributed by atoms with van der Waals surface area (Å²) in [6.07, 6.45) is 2.20. The molecule has 1 saturated carbocycles. The molecule has 1 aromatic rings. The van der Waals surface area contributed by atoms with E-state index in [0.717, 1.165) is 12.8 Å². The molecule has 0 amide bonds. The van der Waals surface area contributed by atoms with Crippen molar-refractivity contribution < 1.29 is 9.59 Å². The van der Waals surface area contributed by atoms with Gasteiger partial charge in [0.25, 0.3) is 0 Å². The van der Waals surface area contributed by atoms with E-state index in [-0.39, 0.29) is 23.4 Å². The van der Waals surface area contributed by atoms with Crippen LogP contribution in [-0.4, -0.2) is 11.6 Å². The maximum absolute atomic E-state index is 12.0. The summed E-state index contributed by atoms with van der Waals surface area (Å²) in [5.41, 5.74) is 1.26. The van der Waals surface area contributed by atoms with Gasteiger partial charge in [-0.15, -0.1) is 0 Å². The third-order valence-corrected chi connectivity index (χ3v) is 4.17. The quantitative estimate of drug-likeness (QED) is 0.819. The first kappa shape index (κ1) is 13.0. The first-order valence-corrected chi connectivity index (χ1v) is 6.65. The molecule has 1 aliphatic rings. The summed E-state index contributed by atoms with van der Waals surface area (Å²) >= 11 is 0. The monoisotopic (exact) mass is 244 g/mol. The molecule has 0 bridgehead atoms. The second kappa shape index (κ2) is 5.47. The van der Waals surface area contributed by atoms with Gasteiger partial charge >= 0.3 is 0 Å². The van der Waals surface area contributed by atoms with E-state index in [1.807, 2.05) is 25.1 Å². The highest BCUT2D eigenvalue weighted by Crippen LogP contribution is 2.34. The summed E-state index contributed by atoms with van der Waals surface area (Å²) in [5, 5.41) is 0. The Hall–Kier alpha value is -1.44. The third kappa shape index (κ3) is 2.87. The van der Waals surface area contributed by atoms with Gasteiger partial charge in [-0.25, -0.2) is 0 Å². The van der Waals surface area contributed by atoms with E-state index in [0.29, 0.717) is 12.3 Å². The summed E-state index contributed by atoms with van der Waals surface area (Å²) in [6, 6.07) is 10.2. The number of rotatable bonds is 3. The van der Waals surface area contributed by atoms with Crippen molar-refractivity contribution in [3.05, 3.63) is 35.9 Å². The molecule has 0 aliphatic heterocycles. The fourth-order valence-electron chi connectivity index (χ4n) is 2.83. The average molecular weight is 244 g/mol. The zero-order chi connectivity index (χ0) is 13.1. The Kier molecular flexibility index (Phi) is 3.95. The number of hydrogen-bond acceptors (Lipinski definition) is 2. The summed E-state index contributed by atoms with van der Waals surface area (Å²) in [4.78, 5) is 23.5. The Labute approximate surface area is 108 Å². The second-order valence-electron chi connectivity index (χ2n) is 5.45. The molecule has 0 radical (unpaired) electrons. The molecule has 2 rings (SSSR count). The number of carbonyl (C=O) groups is 2. The number of ketones is 2. The summed E-state index contributed by atoms with van der Waals surface area (Å²) in [7, 11) is 0. The maximum Gasteiger partial charge on any atom is 0.136 e. The van der Waals surface area contributed by atoms with Crippen molar-refractivity contribution in [1.29, 1.82) is 0 Å². The highest BCUT2D eigenvalue weighted by molar-refractivity contribution is 5.89. The topological polar surface area (TPSA) is 34.1 Å². The van der Waals surface area contributed by atoms with Gasteiger partial charge in [-0.05, 0) is 31.2 Å². The van der Waals surface area contributed by atoms with Crippen LogP contribution in [0.2, 0.25) is 0 Å². The van der Waals surface area contributed by atoms with Crippen LogP contribution in [0.1, 0.15) is 32.3 Å². The lowest BCUT2D eigenvalue weighted by Gasteiger charge is -2.32. The zero-order valence-corrected chi connectivity index (χ0v) is 11.1. The molecule has 0 N–H and O–H groups in total. The summed E-state index contributed by atoms with van der Waals surface area (Å²) in [6.45, 7) is 3.61. The largest absolute Gasteiger partial charge is 0.300 e. The van der Waals surface area contributed by atoms with Crippen molar-refractivity contribution >= 4 is 11.6 Å². The highest BCUT2D eigenvalue weighted by atomic mass is 16.1. The fraction of sp³-hybridized carbons (Fsp3) is 0.500. The van der Waals surface area contributed by atoms with Gasteiger partial charge in [0.2, 0.25) is 0 Å². The van der Waals surface area contributed by atoms with Crippen LogP contribution >= 0.6 is 0 Å². The van der Waals surface area contributed by atoms with E-state index < -0.39 is 0 Å². The standard InChI is InChI=1S/C16H20O2/c1-11-14(8-13-6-4-3-5-7-13)9-15(12(2)17)10-16(11)18/h3-7,11,14-15H,8-10H2,1-2H3/t11-,14+,15-/m0/s1. The van der Waals surface area contributed by atoms with Crippen molar-refractivity contribution in [2.24, 2.45) is 17.8 Å². The van der Waals surface area contributed by atoms with E-state index in [4.69, 9.17) is 0 Å². The van der Waals surface area contributed by atoms with Gasteiger partial charge in [-0.1, -0.05) is 37.3 Å². The molecular formula is C16H20O2. The van der Waals surface area contributed by atoms with Crippen LogP contribution in [0.25, 0.3) is 0 Å². The summed E-state index contributed by atoms with van der Waals surface area (Å²) in [5.74, 6) is 0.751. The van der Waals surface area contributed by atoms with Crippen molar-refractivity contribution in [2.45, 2.75) is 33.1 Å². The van der Waals surface area contributed by atoms with Crippen molar-refractivity contribution in [3.8, 4) is 0 Å². The Bertz CT molecular complexity index is 436. The summed E-state index contributed by atoms with van der Waals surface area (Å²) < 4.78 is 0. The molecule has 2 nitrogen and oxygen atoms in total. The lowest BCUT2D eigenvalue weighted by Crippen LogP contribution is -2.35. The van der Waals surface area contributed by atoms with Crippen LogP contribution in [0.3, 0.4) is 0 Å². The van der Waals surface area contributed by atoms with Crippen molar-refractivity contribution in [3.63, 3.8) is 0 Å². The number of Topliss-reactive ketones (excluding diaryl/α,β-unsaturated/α-hetero) is 2. The van der Waals surface area contributed by atoms with Gasteiger partial charge in [0.05, 0.1) is 0 Å². The van der Waals surface area contributed by atoms with Crippen LogP contribution in [0.5, 0.6) is 0 Å². The van der Waals surface area contributed by atoms with Crippen LogP contribution in [-0.2, 0) is 16.0 Å². The normalized spacial score (nSPS) is 28.1. The van der Waals surface area contributed by atoms with Crippen LogP contribution in [0.4, 0.5) is 0 Å². The van der Waals surface area contributed by atoms with Gasteiger partial charge < -0.3 is 0 Å². The molecule has 3 atom stereocenters. The molecule has 0 aromatic heterocycles. The minimum absolute atomic E-state index is 0.0533. The lowest BCUT2D eigenvalue weighted by molar-refractivity contribution is -0.133.